The molecule has 0 bridgehead atoms. The Balaban J connectivity index is 2.38. The van der Waals surface area contributed by atoms with Gasteiger partial charge in [-0.05, 0) is 33.6 Å². The van der Waals surface area contributed by atoms with Crippen molar-refractivity contribution in [1.82, 2.24) is 5.32 Å². The molecule has 1 rings (SSSR count). The Morgan fingerprint density at radius 1 is 1.33 bits per heavy atom. The Hall–Kier alpha value is -0.130. The lowest BCUT2D eigenvalue weighted by Crippen LogP contribution is -2.40. The van der Waals surface area contributed by atoms with Crippen molar-refractivity contribution in [2.24, 2.45) is 0 Å². The van der Waals surface area contributed by atoms with Crippen molar-refractivity contribution in [2.75, 3.05) is 18.9 Å². The maximum Gasteiger partial charge on any atom is 0.156 e. The van der Waals surface area contributed by atoms with Crippen molar-refractivity contribution in [3.8, 4) is 0 Å². The van der Waals surface area contributed by atoms with E-state index in [0.717, 1.165) is 12.8 Å². The van der Waals surface area contributed by atoms with Crippen LogP contribution in [0.1, 0.15) is 33.6 Å². The Morgan fingerprint density at radius 2 is 1.87 bits per heavy atom. The topological polar surface area (TPSA) is 66.4 Å². The normalized spacial score (nSPS) is 20.3. The van der Waals surface area contributed by atoms with Crippen LogP contribution in [0.2, 0.25) is 0 Å². The monoisotopic (exact) mass is 235 g/mol. The number of hydrogen-bond acceptors (Lipinski definition) is 4. The number of rotatable bonds is 5. The first-order valence-electron chi connectivity index (χ1n) is 5.31. The molecule has 0 spiro atoms. The van der Waals surface area contributed by atoms with Crippen molar-refractivity contribution < 1.29 is 13.5 Å². The number of hydrogen-bond donors (Lipinski definition) is 2. The van der Waals surface area contributed by atoms with E-state index in [0.29, 0.717) is 6.54 Å². The average molecular weight is 235 g/mol. The van der Waals surface area contributed by atoms with Crippen molar-refractivity contribution in [3.05, 3.63) is 0 Å². The van der Waals surface area contributed by atoms with Crippen molar-refractivity contribution in [2.45, 2.75) is 43.9 Å². The molecule has 0 aromatic heterocycles. The minimum absolute atomic E-state index is 0.0998. The van der Waals surface area contributed by atoms with E-state index in [4.69, 9.17) is 5.11 Å². The van der Waals surface area contributed by atoms with Crippen LogP contribution in [0, 0.1) is 0 Å². The Bertz CT molecular complexity index is 312. The lowest BCUT2D eigenvalue weighted by Gasteiger charge is -2.20. The van der Waals surface area contributed by atoms with Crippen LogP contribution in [0.3, 0.4) is 0 Å². The molecular formula is C10H21NO3S. The smallest absolute Gasteiger partial charge is 0.156 e. The second-order valence-electron chi connectivity index (χ2n) is 5.30. The molecule has 2 N–H and O–H groups in total. The highest BCUT2D eigenvalue weighted by Gasteiger charge is 2.41. The van der Waals surface area contributed by atoms with Crippen LogP contribution >= 0.6 is 0 Å². The highest BCUT2D eigenvalue weighted by Crippen LogP contribution is 2.34. The predicted molar refractivity (Wildman–Crippen MR) is 60.6 cm³/mol. The van der Waals surface area contributed by atoms with Gasteiger partial charge in [-0.2, -0.15) is 0 Å². The van der Waals surface area contributed by atoms with E-state index in [-0.39, 0.29) is 17.9 Å². The fraction of sp³-hybridized carbons (Fsp3) is 1.00. The molecule has 0 aromatic carbocycles. The van der Waals surface area contributed by atoms with Crippen LogP contribution < -0.4 is 5.32 Å². The molecule has 90 valence electrons. The molecule has 0 amide bonds. The summed E-state index contributed by atoms with van der Waals surface area (Å²) in [7, 11) is -3.04. The van der Waals surface area contributed by atoms with Gasteiger partial charge in [-0.15, -0.1) is 0 Å². The molecule has 0 aliphatic heterocycles. The first-order chi connectivity index (χ1) is 6.72. The Morgan fingerprint density at radius 3 is 2.20 bits per heavy atom. The maximum atomic E-state index is 11.7. The van der Waals surface area contributed by atoms with E-state index < -0.39 is 14.6 Å². The van der Waals surface area contributed by atoms with Gasteiger partial charge in [0.1, 0.15) is 0 Å². The van der Waals surface area contributed by atoms with Gasteiger partial charge < -0.3 is 10.4 Å². The number of nitrogens with one attached hydrogen (secondary N) is 1. The van der Waals surface area contributed by atoms with Crippen molar-refractivity contribution in [1.29, 1.82) is 0 Å². The molecule has 0 radical (unpaired) electrons. The molecule has 0 aromatic rings. The number of sulfone groups is 1. The second kappa shape index (κ2) is 4.03. The summed E-state index contributed by atoms with van der Waals surface area (Å²) in [5.74, 6) is 0.137. The van der Waals surface area contributed by atoms with Gasteiger partial charge in [0.25, 0.3) is 0 Å². The third-order valence-electron chi connectivity index (χ3n) is 2.96. The highest BCUT2D eigenvalue weighted by molar-refractivity contribution is 7.92. The maximum absolute atomic E-state index is 11.7. The minimum Gasteiger partial charge on any atom is -0.394 e. The molecule has 0 heterocycles. The van der Waals surface area contributed by atoms with Crippen molar-refractivity contribution >= 4 is 9.84 Å². The zero-order chi connectivity index (χ0) is 11.7. The van der Waals surface area contributed by atoms with Gasteiger partial charge in [0.05, 0.1) is 17.1 Å². The summed E-state index contributed by atoms with van der Waals surface area (Å²) in [6.07, 6.45) is 1.89. The molecule has 4 nitrogen and oxygen atoms in total. The van der Waals surface area contributed by atoms with Crippen LogP contribution in [0.4, 0.5) is 0 Å². The summed E-state index contributed by atoms with van der Waals surface area (Å²) in [6, 6.07) is 0. The Labute approximate surface area is 92.0 Å². The standard InChI is InChI=1S/C10H21NO3S/c1-9(2,3)15(13,14)7-6-11-10(8-12)4-5-10/h11-12H,4-8H2,1-3H3. The molecule has 1 aliphatic carbocycles. The van der Waals surface area contributed by atoms with E-state index >= 15 is 0 Å². The van der Waals surface area contributed by atoms with Gasteiger partial charge in [-0.3, -0.25) is 0 Å². The Kier molecular flexibility index (Phi) is 3.48. The quantitative estimate of drug-likeness (QED) is 0.720. The largest absolute Gasteiger partial charge is 0.394 e. The van der Waals surface area contributed by atoms with Gasteiger partial charge >= 0.3 is 0 Å². The lowest BCUT2D eigenvalue weighted by atomic mass is 10.3. The van der Waals surface area contributed by atoms with Crippen LogP contribution in [-0.4, -0.2) is 42.7 Å². The van der Waals surface area contributed by atoms with Crippen LogP contribution in [0.5, 0.6) is 0 Å². The van der Waals surface area contributed by atoms with Gasteiger partial charge in [-0.25, -0.2) is 8.42 Å². The molecule has 0 unspecified atom stereocenters. The zero-order valence-corrected chi connectivity index (χ0v) is 10.5. The van der Waals surface area contributed by atoms with Crippen LogP contribution in [-0.2, 0) is 9.84 Å². The fourth-order valence-corrected chi connectivity index (χ4v) is 2.28. The third-order valence-corrected chi connectivity index (χ3v) is 5.57. The summed E-state index contributed by atoms with van der Waals surface area (Å²) in [5, 5.41) is 12.2. The zero-order valence-electron chi connectivity index (χ0n) is 9.71. The van der Waals surface area contributed by atoms with Gasteiger partial charge in [0.2, 0.25) is 0 Å². The fourth-order valence-electron chi connectivity index (χ4n) is 1.30. The lowest BCUT2D eigenvalue weighted by molar-refractivity contribution is 0.232. The molecular weight excluding hydrogens is 214 g/mol. The molecule has 1 saturated carbocycles. The highest BCUT2D eigenvalue weighted by atomic mass is 32.2. The van der Waals surface area contributed by atoms with Gasteiger partial charge in [0.15, 0.2) is 9.84 Å². The molecule has 15 heavy (non-hydrogen) atoms. The van der Waals surface area contributed by atoms with Crippen molar-refractivity contribution in [3.63, 3.8) is 0 Å². The molecule has 0 atom stereocenters. The SMILES string of the molecule is CC(C)(C)S(=O)(=O)CCNC1(CO)CC1. The van der Waals surface area contributed by atoms with Crippen LogP contribution in [0.25, 0.3) is 0 Å². The first-order valence-corrected chi connectivity index (χ1v) is 6.96. The number of aliphatic hydroxyl groups is 1. The van der Waals surface area contributed by atoms with E-state index in [2.05, 4.69) is 5.32 Å². The molecule has 0 saturated heterocycles. The minimum atomic E-state index is -3.04. The summed E-state index contributed by atoms with van der Waals surface area (Å²) in [5.41, 5.74) is -0.173. The number of aliphatic hydroxyl groups excluding tert-OH is 1. The van der Waals surface area contributed by atoms with E-state index in [1.807, 2.05) is 0 Å². The summed E-state index contributed by atoms with van der Waals surface area (Å²) in [4.78, 5) is 0. The molecule has 5 heteroatoms. The predicted octanol–water partition coefficient (Wildman–Crippen LogP) is 0.314. The van der Waals surface area contributed by atoms with E-state index in [9.17, 15) is 8.42 Å². The van der Waals surface area contributed by atoms with Crippen LogP contribution in [0.15, 0.2) is 0 Å². The summed E-state index contributed by atoms with van der Waals surface area (Å²) in [6.45, 7) is 5.66. The second-order valence-corrected chi connectivity index (χ2v) is 8.16. The van der Waals surface area contributed by atoms with E-state index in [1.54, 1.807) is 20.8 Å². The summed E-state index contributed by atoms with van der Waals surface area (Å²) < 4.78 is 22.8. The van der Waals surface area contributed by atoms with E-state index in [1.165, 1.54) is 0 Å². The van der Waals surface area contributed by atoms with Gasteiger partial charge in [0, 0.05) is 12.1 Å². The molecule has 1 fully saturated rings. The van der Waals surface area contributed by atoms with Gasteiger partial charge in [-0.1, -0.05) is 0 Å². The average Bonchev–Trinajstić information content (AvgIpc) is 2.83. The summed E-state index contributed by atoms with van der Waals surface area (Å²) >= 11 is 0. The third kappa shape index (κ3) is 3.16. The first kappa shape index (κ1) is 12.9. The molecule has 1 aliphatic rings.